The first-order valence-electron chi connectivity index (χ1n) is 7.25. The van der Waals surface area contributed by atoms with Gasteiger partial charge in [-0.2, -0.15) is 0 Å². The molecule has 1 aliphatic rings. The monoisotopic (exact) mass is 263 g/mol. The number of benzene rings is 1. The third-order valence-corrected chi connectivity index (χ3v) is 3.39. The normalized spacial score (nSPS) is 20.5. The number of nitrogens with one attached hydrogen (secondary N) is 1. The van der Waals surface area contributed by atoms with Crippen LogP contribution in [0.25, 0.3) is 0 Å². The lowest BCUT2D eigenvalue weighted by Gasteiger charge is -2.38. The van der Waals surface area contributed by atoms with Crippen molar-refractivity contribution in [1.29, 1.82) is 0 Å². The van der Waals surface area contributed by atoms with Crippen LogP contribution in [-0.2, 0) is 0 Å². The van der Waals surface area contributed by atoms with Gasteiger partial charge in [0.05, 0.1) is 6.61 Å². The summed E-state index contributed by atoms with van der Waals surface area (Å²) in [6.45, 7) is 10.2. The van der Waals surface area contributed by atoms with E-state index in [-0.39, 0.29) is 5.60 Å². The van der Waals surface area contributed by atoms with Gasteiger partial charge in [0.1, 0.15) is 17.1 Å². The molecule has 1 aliphatic heterocycles. The van der Waals surface area contributed by atoms with Crippen LogP contribution < -0.4 is 14.8 Å². The van der Waals surface area contributed by atoms with Crippen molar-refractivity contribution in [2.75, 3.05) is 13.2 Å². The third kappa shape index (κ3) is 3.41. The van der Waals surface area contributed by atoms with Crippen LogP contribution in [0, 0.1) is 0 Å². The Labute approximate surface area is 116 Å². The molecule has 3 nitrogen and oxygen atoms in total. The summed E-state index contributed by atoms with van der Waals surface area (Å²) in [6.07, 6.45) is 2.12. The van der Waals surface area contributed by atoms with Gasteiger partial charge in [0.2, 0.25) is 0 Å². The second-order valence-electron chi connectivity index (χ2n) is 5.71. The predicted octanol–water partition coefficient (Wildman–Crippen LogP) is 3.69. The minimum atomic E-state index is -0.120. The van der Waals surface area contributed by atoms with E-state index in [0.717, 1.165) is 30.9 Å². The zero-order valence-corrected chi connectivity index (χ0v) is 12.5. The summed E-state index contributed by atoms with van der Waals surface area (Å²) in [6, 6.07) is 6.48. The number of ether oxygens (including phenoxy) is 2. The van der Waals surface area contributed by atoms with Crippen molar-refractivity contribution < 1.29 is 9.47 Å². The van der Waals surface area contributed by atoms with Crippen LogP contribution in [0.1, 0.15) is 52.1 Å². The smallest absolute Gasteiger partial charge is 0.125 e. The van der Waals surface area contributed by atoms with Crippen LogP contribution >= 0.6 is 0 Å². The van der Waals surface area contributed by atoms with Crippen molar-refractivity contribution in [2.24, 2.45) is 0 Å². The van der Waals surface area contributed by atoms with E-state index in [0.29, 0.717) is 12.6 Å². The number of fused-ring (bicyclic) bond motifs is 1. The Morgan fingerprint density at radius 2 is 2.16 bits per heavy atom. The molecular formula is C16H25NO2. The van der Waals surface area contributed by atoms with Crippen molar-refractivity contribution >= 4 is 0 Å². The van der Waals surface area contributed by atoms with Gasteiger partial charge in [-0.3, -0.25) is 0 Å². The molecule has 0 aliphatic carbocycles. The van der Waals surface area contributed by atoms with E-state index >= 15 is 0 Å². The summed E-state index contributed by atoms with van der Waals surface area (Å²) in [5.41, 5.74) is 1.10. The Balaban J connectivity index is 2.28. The molecule has 1 aromatic carbocycles. The molecule has 0 saturated carbocycles. The molecule has 0 spiro atoms. The number of rotatable bonds is 5. The molecule has 1 N–H and O–H groups in total. The maximum Gasteiger partial charge on any atom is 0.125 e. The Hall–Kier alpha value is -1.22. The Morgan fingerprint density at radius 1 is 1.37 bits per heavy atom. The molecule has 1 atom stereocenters. The van der Waals surface area contributed by atoms with Crippen molar-refractivity contribution in [3.63, 3.8) is 0 Å². The average Bonchev–Trinajstić information content (AvgIpc) is 2.36. The van der Waals surface area contributed by atoms with Gasteiger partial charge >= 0.3 is 0 Å². The minimum absolute atomic E-state index is 0.120. The molecule has 1 aromatic rings. The second-order valence-corrected chi connectivity index (χ2v) is 5.71. The first-order chi connectivity index (χ1) is 9.05. The highest BCUT2D eigenvalue weighted by Crippen LogP contribution is 2.41. The van der Waals surface area contributed by atoms with Gasteiger partial charge < -0.3 is 14.8 Å². The van der Waals surface area contributed by atoms with Crippen molar-refractivity contribution in [1.82, 2.24) is 5.32 Å². The van der Waals surface area contributed by atoms with Gasteiger partial charge in [-0.05, 0) is 51.9 Å². The molecule has 3 heteroatoms. The fourth-order valence-corrected chi connectivity index (χ4v) is 2.59. The van der Waals surface area contributed by atoms with Crippen LogP contribution in [0.4, 0.5) is 0 Å². The van der Waals surface area contributed by atoms with Gasteiger partial charge in [-0.15, -0.1) is 0 Å². The number of hydrogen-bond acceptors (Lipinski definition) is 3. The summed E-state index contributed by atoms with van der Waals surface area (Å²) < 4.78 is 11.7. The van der Waals surface area contributed by atoms with E-state index in [1.165, 1.54) is 5.56 Å². The van der Waals surface area contributed by atoms with Gasteiger partial charge in [0, 0.05) is 18.0 Å². The quantitative estimate of drug-likeness (QED) is 0.879. The SMILES string of the molecule is CCCNC1CC(C)(C)Oc2ccc(OCC)cc21. The summed E-state index contributed by atoms with van der Waals surface area (Å²) in [4.78, 5) is 0. The molecule has 2 rings (SSSR count). The first kappa shape index (κ1) is 14.2. The molecule has 0 radical (unpaired) electrons. The molecule has 0 aromatic heterocycles. The number of hydrogen-bond donors (Lipinski definition) is 1. The summed E-state index contributed by atoms with van der Waals surface area (Å²) in [5.74, 6) is 1.90. The van der Waals surface area contributed by atoms with Gasteiger partial charge in [0.15, 0.2) is 0 Å². The van der Waals surface area contributed by atoms with E-state index in [9.17, 15) is 0 Å². The lowest BCUT2D eigenvalue weighted by Crippen LogP contribution is -2.39. The van der Waals surface area contributed by atoms with Crippen LogP contribution in [0.5, 0.6) is 11.5 Å². The summed E-state index contributed by atoms with van der Waals surface area (Å²) in [7, 11) is 0. The van der Waals surface area contributed by atoms with Crippen molar-refractivity contribution in [2.45, 2.75) is 52.2 Å². The Morgan fingerprint density at radius 3 is 2.84 bits per heavy atom. The molecule has 0 amide bonds. The third-order valence-electron chi connectivity index (χ3n) is 3.39. The average molecular weight is 263 g/mol. The molecule has 0 saturated heterocycles. The van der Waals surface area contributed by atoms with Crippen LogP contribution in [0.15, 0.2) is 18.2 Å². The van der Waals surface area contributed by atoms with E-state index < -0.39 is 0 Å². The maximum atomic E-state index is 6.07. The van der Waals surface area contributed by atoms with E-state index in [1.54, 1.807) is 0 Å². The molecule has 1 heterocycles. The minimum Gasteiger partial charge on any atom is -0.494 e. The highest BCUT2D eigenvalue weighted by atomic mass is 16.5. The van der Waals surface area contributed by atoms with Crippen LogP contribution in [-0.4, -0.2) is 18.8 Å². The Bertz CT molecular complexity index is 429. The van der Waals surface area contributed by atoms with Crippen LogP contribution in [0.2, 0.25) is 0 Å². The highest BCUT2D eigenvalue weighted by Gasteiger charge is 2.33. The Kier molecular flexibility index (Phi) is 4.35. The second kappa shape index (κ2) is 5.83. The summed E-state index contributed by atoms with van der Waals surface area (Å²) in [5, 5.41) is 3.62. The zero-order chi connectivity index (χ0) is 13.9. The van der Waals surface area contributed by atoms with E-state index in [4.69, 9.17) is 9.47 Å². The fourth-order valence-electron chi connectivity index (χ4n) is 2.59. The first-order valence-corrected chi connectivity index (χ1v) is 7.25. The standard InChI is InChI=1S/C16H25NO2/c1-5-9-17-14-11-16(3,4)19-15-8-7-12(18-6-2)10-13(14)15/h7-8,10,14,17H,5-6,9,11H2,1-4H3. The predicted molar refractivity (Wildman–Crippen MR) is 78.0 cm³/mol. The van der Waals surface area contributed by atoms with Crippen molar-refractivity contribution in [3.8, 4) is 11.5 Å². The van der Waals surface area contributed by atoms with E-state index in [1.807, 2.05) is 19.1 Å². The van der Waals surface area contributed by atoms with Crippen LogP contribution in [0.3, 0.4) is 0 Å². The lowest BCUT2D eigenvalue weighted by atomic mass is 9.89. The molecule has 19 heavy (non-hydrogen) atoms. The lowest BCUT2D eigenvalue weighted by molar-refractivity contribution is 0.0659. The fraction of sp³-hybridized carbons (Fsp3) is 0.625. The zero-order valence-electron chi connectivity index (χ0n) is 12.5. The molecule has 0 fully saturated rings. The maximum absolute atomic E-state index is 6.07. The molecule has 0 bridgehead atoms. The van der Waals surface area contributed by atoms with Gasteiger partial charge in [0.25, 0.3) is 0 Å². The molecule has 106 valence electrons. The molecule has 1 unspecified atom stereocenters. The van der Waals surface area contributed by atoms with E-state index in [2.05, 4.69) is 32.2 Å². The molecular weight excluding hydrogens is 238 g/mol. The topological polar surface area (TPSA) is 30.5 Å². The largest absolute Gasteiger partial charge is 0.494 e. The van der Waals surface area contributed by atoms with Gasteiger partial charge in [-0.1, -0.05) is 6.92 Å². The van der Waals surface area contributed by atoms with Gasteiger partial charge in [-0.25, -0.2) is 0 Å². The highest BCUT2D eigenvalue weighted by molar-refractivity contribution is 5.44. The van der Waals surface area contributed by atoms with Crippen molar-refractivity contribution in [3.05, 3.63) is 23.8 Å². The summed E-state index contributed by atoms with van der Waals surface area (Å²) >= 11 is 0.